The van der Waals surface area contributed by atoms with Crippen LogP contribution in [-0.4, -0.2) is 15.7 Å². The summed E-state index contributed by atoms with van der Waals surface area (Å²) in [5, 5.41) is 0. The summed E-state index contributed by atoms with van der Waals surface area (Å²) in [7, 11) is 0. The van der Waals surface area contributed by atoms with Crippen LogP contribution >= 0.6 is 0 Å². The van der Waals surface area contributed by atoms with Crippen LogP contribution in [0.3, 0.4) is 0 Å². The van der Waals surface area contributed by atoms with Crippen LogP contribution in [0.4, 0.5) is 0 Å². The second kappa shape index (κ2) is 4.16. The van der Waals surface area contributed by atoms with E-state index in [1.54, 1.807) is 0 Å². The normalized spacial score (nSPS) is 11.6. The molecule has 0 amide bonds. The Morgan fingerprint density at radius 3 is 2.44 bits per heavy atom. The molecular weight excluding hydrogens is 200 g/mol. The summed E-state index contributed by atoms with van der Waals surface area (Å²) in [6.45, 7) is 8.32. The number of ether oxygens (including phenoxy) is 1. The van der Waals surface area contributed by atoms with Crippen molar-refractivity contribution >= 4 is 11.0 Å². The average molecular weight is 218 g/mol. The SMILES string of the molecule is CC(C)Oc1nc2ccccc2n1C(C)C. The molecule has 0 unspecified atom stereocenters. The maximum Gasteiger partial charge on any atom is 0.297 e. The summed E-state index contributed by atoms with van der Waals surface area (Å²) in [5.74, 6) is 0. The minimum absolute atomic E-state index is 0.148. The third kappa shape index (κ3) is 1.90. The Morgan fingerprint density at radius 2 is 1.81 bits per heavy atom. The fraction of sp³-hybridized carbons (Fsp3) is 0.462. The Bertz CT molecular complexity index is 486. The van der Waals surface area contributed by atoms with Gasteiger partial charge in [-0.15, -0.1) is 0 Å². The molecule has 0 N–H and O–H groups in total. The zero-order valence-electron chi connectivity index (χ0n) is 10.3. The molecule has 0 radical (unpaired) electrons. The van der Waals surface area contributed by atoms with Crippen LogP contribution in [0.5, 0.6) is 6.01 Å². The molecule has 0 aliphatic carbocycles. The molecule has 1 heterocycles. The molecule has 0 aliphatic rings. The van der Waals surface area contributed by atoms with Crippen molar-refractivity contribution in [2.24, 2.45) is 0 Å². The topological polar surface area (TPSA) is 27.1 Å². The lowest BCUT2D eigenvalue weighted by Gasteiger charge is -2.14. The second-order valence-electron chi connectivity index (χ2n) is 4.51. The second-order valence-corrected chi connectivity index (χ2v) is 4.51. The standard InChI is InChI=1S/C13H18N2O/c1-9(2)15-12-8-6-5-7-11(12)14-13(15)16-10(3)4/h5-10H,1-4H3. The van der Waals surface area contributed by atoms with Crippen LogP contribution in [0.25, 0.3) is 11.0 Å². The van der Waals surface area contributed by atoms with E-state index in [0.29, 0.717) is 12.1 Å². The predicted octanol–water partition coefficient (Wildman–Crippen LogP) is 3.40. The molecular formula is C13H18N2O. The Balaban J connectivity index is 2.58. The monoisotopic (exact) mass is 218 g/mol. The van der Waals surface area contributed by atoms with Gasteiger partial charge in [-0.1, -0.05) is 12.1 Å². The highest BCUT2D eigenvalue weighted by Crippen LogP contribution is 2.26. The molecule has 0 aliphatic heterocycles. The molecule has 3 heteroatoms. The number of rotatable bonds is 3. The molecule has 0 saturated heterocycles. The minimum Gasteiger partial charge on any atom is -0.462 e. The summed E-state index contributed by atoms with van der Waals surface area (Å²) in [4.78, 5) is 4.51. The lowest BCUT2D eigenvalue weighted by molar-refractivity contribution is 0.210. The molecule has 1 aromatic carbocycles. The number of imidazole rings is 1. The van der Waals surface area contributed by atoms with E-state index >= 15 is 0 Å². The molecule has 2 rings (SSSR count). The first-order chi connectivity index (χ1) is 7.59. The van der Waals surface area contributed by atoms with Crippen molar-refractivity contribution in [1.82, 2.24) is 9.55 Å². The third-order valence-electron chi connectivity index (χ3n) is 2.42. The van der Waals surface area contributed by atoms with E-state index in [9.17, 15) is 0 Å². The summed E-state index contributed by atoms with van der Waals surface area (Å²) in [5.41, 5.74) is 2.13. The number of hydrogen-bond donors (Lipinski definition) is 0. The largest absolute Gasteiger partial charge is 0.462 e. The smallest absolute Gasteiger partial charge is 0.297 e. The fourth-order valence-corrected chi connectivity index (χ4v) is 1.82. The first-order valence-electron chi connectivity index (χ1n) is 5.73. The Hall–Kier alpha value is -1.51. The van der Waals surface area contributed by atoms with Crippen LogP contribution < -0.4 is 4.74 Å². The van der Waals surface area contributed by atoms with Crippen molar-refractivity contribution in [3.63, 3.8) is 0 Å². The Morgan fingerprint density at radius 1 is 1.12 bits per heavy atom. The summed E-state index contributed by atoms with van der Waals surface area (Å²) in [6, 6.07) is 9.19. The van der Waals surface area contributed by atoms with E-state index in [1.807, 2.05) is 32.0 Å². The molecule has 3 nitrogen and oxygen atoms in total. The van der Waals surface area contributed by atoms with E-state index in [2.05, 4.69) is 29.5 Å². The zero-order chi connectivity index (χ0) is 11.7. The number of aromatic nitrogens is 2. The van der Waals surface area contributed by atoms with Gasteiger partial charge in [0.05, 0.1) is 17.1 Å². The van der Waals surface area contributed by atoms with Crippen LogP contribution in [0.15, 0.2) is 24.3 Å². The van der Waals surface area contributed by atoms with Crippen molar-refractivity contribution in [1.29, 1.82) is 0 Å². The number of nitrogens with zero attached hydrogens (tertiary/aromatic N) is 2. The quantitative estimate of drug-likeness (QED) is 0.789. The molecule has 0 spiro atoms. The first kappa shape index (κ1) is 11.0. The van der Waals surface area contributed by atoms with Crippen LogP contribution in [-0.2, 0) is 0 Å². The Labute approximate surface area is 96.1 Å². The number of benzene rings is 1. The van der Waals surface area contributed by atoms with Crippen molar-refractivity contribution in [3.05, 3.63) is 24.3 Å². The average Bonchev–Trinajstić information content (AvgIpc) is 2.53. The van der Waals surface area contributed by atoms with Gasteiger partial charge in [0.15, 0.2) is 0 Å². The van der Waals surface area contributed by atoms with Crippen LogP contribution in [0, 0.1) is 0 Å². The van der Waals surface area contributed by atoms with Gasteiger partial charge in [-0.25, -0.2) is 0 Å². The predicted molar refractivity (Wildman–Crippen MR) is 65.9 cm³/mol. The van der Waals surface area contributed by atoms with Gasteiger partial charge in [-0.3, -0.25) is 4.57 Å². The molecule has 0 atom stereocenters. The summed E-state index contributed by atoms with van der Waals surface area (Å²) in [6.07, 6.45) is 0.148. The van der Waals surface area contributed by atoms with Crippen LogP contribution in [0.1, 0.15) is 33.7 Å². The van der Waals surface area contributed by atoms with Gasteiger partial charge in [0.1, 0.15) is 0 Å². The highest BCUT2D eigenvalue weighted by atomic mass is 16.5. The maximum absolute atomic E-state index is 5.74. The number of fused-ring (bicyclic) bond motifs is 1. The van der Waals surface area contributed by atoms with E-state index in [4.69, 9.17) is 4.74 Å². The van der Waals surface area contributed by atoms with E-state index in [1.165, 1.54) is 0 Å². The van der Waals surface area contributed by atoms with Crippen LogP contribution in [0.2, 0.25) is 0 Å². The van der Waals surface area contributed by atoms with Gasteiger partial charge in [-0.2, -0.15) is 4.98 Å². The number of para-hydroxylation sites is 2. The van der Waals surface area contributed by atoms with Gasteiger partial charge < -0.3 is 4.74 Å². The lowest BCUT2D eigenvalue weighted by atomic mass is 10.3. The van der Waals surface area contributed by atoms with Gasteiger partial charge in [-0.05, 0) is 39.8 Å². The van der Waals surface area contributed by atoms with E-state index < -0.39 is 0 Å². The molecule has 1 aromatic heterocycles. The molecule has 0 fully saturated rings. The Kier molecular flexibility index (Phi) is 2.86. The lowest BCUT2D eigenvalue weighted by Crippen LogP contribution is -2.12. The maximum atomic E-state index is 5.74. The third-order valence-corrected chi connectivity index (χ3v) is 2.42. The van der Waals surface area contributed by atoms with E-state index in [0.717, 1.165) is 11.0 Å². The molecule has 0 saturated carbocycles. The highest BCUT2D eigenvalue weighted by Gasteiger charge is 2.14. The molecule has 86 valence electrons. The van der Waals surface area contributed by atoms with Crippen molar-refractivity contribution in [2.45, 2.75) is 39.8 Å². The van der Waals surface area contributed by atoms with Gasteiger partial charge in [0, 0.05) is 6.04 Å². The summed E-state index contributed by atoms with van der Waals surface area (Å²) >= 11 is 0. The van der Waals surface area contributed by atoms with Crippen molar-refractivity contribution < 1.29 is 4.74 Å². The molecule has 0 bridgehead atoms. The fourth-order valence-electron chi connectivity index (χ4n) is 1.82. The highest BCUT2D eigenvalue weighted by molar-refractivity contribution is 5.76. The van der Waals surface area contributed by atoms with Gasteiger partial charge >= 0.3 is 0 Å². The van der Waals surface area contributed by atoms with Gasteiger partial charge in [0.2, 0.25) is 0 Å². The first-order valence-corrected chi connectivity index (χ1v) is 5.73. The number of hydrogen-bond acceptors (Lipinski definition) is 2. The van der Waals surface area contributed by atoms with Gasteiger partial charge in [0.25, 0.3) is 6.01 Å². The molecule has 2 aromatic rings. The van der Waals surface area contributed by atoms with Crippen molar-refractivity contribution in [2.75, 3.05) is 0 Å². The zero-order valence-corrected chi connectivity index (χ0v) is 10.3. The minimum atomic E-state index is 0.148. The van der Waals surface area contributed by atoms with E-state index in [-0.39, 0.29) is 6.10 Å². The van der Waals surface area contributed by atoms with Crippen molar-refractivity contribution in [3.8, 4) is 6.01 Å². The molecule has 16 heavy (non-hydrogen) atoms. The summed E-state index contributed by atoms with van der Waals surface area (Å²) < 4.78 is 7.88.